The van der Waals surface area contributed by atoms with E-state index in [1.54, 1.807) is 0 Å². The molecule has 0 radical (unpaired) electrons. The second-order valence-corrected chi connectivity index (χ2v) is 7.44. The van der Waals surface area contributed by atoms with Crippen LogP contribution in [0.15, 0.2) is 78.9 Å². The molecule has 0 heterocycles. The second kappa shape index (κ2) is 8.88. The normalized spacial score (nSPS) is 17.2. The van der Waals surface area contributed by atoms with Crippen molar-refractivity contribution in [1.82, 2.24) is 5.06 Å². The third-order valence-electron chi connectivity index (χ3n) is 5.18. The van der Waals surface area contributed by atoms with Crippen molar-refractivity contribution in [3.05, 3.63) is 90.0 Å². The van der Waals surface area contributed by atoms with Crippen LogP contribution in [0.25, 0.3) is 0 Å². The van der Waals surface area contributed by atoms with Gasteiger partial charge in [-0.1, -0.05) is 42.5 Å². The molecular formula is C24H24N2O4. The van der Waals surface area contributed by atoms with E-state index in [4.69, 9.17) is 15.2 Å². The Hall–Kier alpha value is -3.51. The van der Waals surface area contributed by atoms with Crippen molar-refractivity contribution in [2.24, 2.45) is 11.7 Å². The Labute approximate surface area is 175 Å². The first-order valence-electron chi connectivity index (χ1n) is 9.89. The van der Waals surface area contributed by atoms with Crippen LogP contribution in [0, 0.1) is 5.92 Å². The van der Waals surface area contributed by atoms with E-state index < -0.39 is 6.03 Å². The van der Waals surface area contributed by atoms with Gasteiger partial charge in [-0.2, -0.15) is 0 Å². The van der Waals surface area contributed by atoms with Gasteiger partial charge in [-0.25, -0.2) is 9.86 Å². The van der Waals surface area contributed by atoms with Crippen molar-refractivity contribution in [1.29, 1.82) is 0 Å². The summed E-state index contributed by atoms with van der Waals surface area (Å²) in [5.41, 5.74) is 7.32. The fourth-order valence-electron chi connectivity index (χ4n) is 3.46. The van der Waals surface area contributed by atoms with E-state index in [-0.39, 0.29) is 18.4 Å². The minimum absolute atomic E-state index is 0.207. The molecule has 3 aromatic rings. The molecule has 3 N–H and O–H groups in total. The molecule has 0 spiro atoms. The number of hydroxylamine groups is 2. The number of nitrogens with two attached hydrogens (primary N) is 1. The molecule has 0 saturated heterocycles. The number of ether oxygens (including phenoxy) is 2. The average molecular weight is 404 g/mol. The maximum Gasteiger partial charge on any atom is 0.338 e. The number of hydrogen-bond acceptors (Lipinski definition) is 4. The second-order valence-electron chi connectivity index (χ2n) is 7.44. The van der Waals surface area contributed by atoms with Gasteiger partial charge in [0.2, 0.25) is 0 Å². The molecule has 1 aliphatic carbocycles. The van der Waals surface area contributed by atoms with Crippen molar-refractivity contribution in [3.63, 3.8) is 0 Å². The van der Waals surface area contributed by atoms with E-state index in [1.807, 2.05) is 78.9 Å². The van der Waals surface area contributed by atoms with Crippen LogP contribution in [0.2, 0.25) is 0 Å². The van der Waals surface area contributed by atoms with E-state index in [2.05, 4.69) is 0 Å². The Balaban J connectivity index is 1.32. The minimum Gasteiger partial charge on any atom is -0.489 e. The predicted molar refractivity (Wildman–Crippen MR) is 113 cm³/mol. The number of amides is 2. The lowest BCUT2D eigenvalue weighted by atomic mass is 10.1. The molecule has 6 nitrogen and oxygen atoms in total. The van der Waals surface area contributed by atoms with Crippen LogP contribution in [-0.2, 0) is 6.61 Å². The number of carbonyl (C=O) groups is 1. The van der Waals surface area contributed by atoms with Crippen molar-refractivity contribution in [3.8, 4) is 17.2 Å². The summed E-state index contributed by atoms with van der Waals surface area (Å²) in [7, 11) is 0. The Morgan fingerprint density at radius 3 is 2.43 bits per heavy atom. The summed E-state index contributed by atoms with van der Waals surface area (Å²) < 4.78 is 11.8. The summed E-state index contributed by atoms with van der Waals surface area (Å²) in [4.78, 5) is 11.0. The zero-order valence-electron chi connectivity index (χ0n) is 16.5. The van der Waals surface area contributed by atoms with E-state index in [0.29, 0.717) is 11.7 Å². The molecule has 0 aromatic heterocycles. The van der Waals surface area contributed by atoms with Crippen LogP contribution in [0.5, 0.6) is 17.2 Å². The lowest BCUT2D eigenvalue weighted by Gasteiger charge is -2.12. The van der Waals surface area contributed by atoms with Crippen molar-refractivity contribution >= 4 is 6.03 Å². The van der Waals surface area contributed by atoms with Gasteiger partial charge in [-0.15, -0.1) is 0 Å². The Bertz CT molecular complexity index is 992. The maximum absolute atomic E-state index is 11.0. The Morgan fingerprint density at radius 1 is 0.967 bits per heavy atom. The van der Waals surface area contributed by atoms with Crippen molar-refractivity contribution in [2.45, 2.75) is 18.9 Å². The third-order valence-corrected chi connectivity index (χ3v) is 5.18. The SMILES string of the molecule is NC(=O)N(O)CC1CC1c1cccc(Oc2ccc(OCc3ccccc3)cc2)c1. The quantitative estimate of drug-likeness (QED) is 0.412. The minimum atomic E-state index is -0.825. The molecule has 6 heteroatoms. The molecule has 0 aliphatic heterocycles. The molecule has 2 unspecified atom stereocenters. The van der Waals surface area contributed by atoms with Gasteiger partial charge in [0.25, 0.3) is 0 Å². The van der Waals surface area contributed by atoms with Gasteiger partial charge < -0.3 is 15.2 Å². The number of nitrogens with zero attached hydrogens (tertiary/aromatic N) is 1. The highest BCUT2D eigenvalue weighted by atomic mass is 16.5. The zero-order chi connectivity index (χ0) is 20.9. The summed E-state index contributed by atoms with van der Waals surface area (Å²) in [6.07, 6.45) is 0.904. The topological polar surface area (TPSA) is 85.0 Å². The molecule has 30 heavy (non-hydrogen) atoms. The number of benzene rings is 3. The molecule has 2 atom stereocenters. The fourth-order valence-corrected chi connectivity index (χ4v) is 3.46. The van der Waals surface area contributed by atoms with Gasteiger partial charge in [-0.3, -0.25) is 5.21 Å². The molecule has 0 bridgehead atoms. The molecule has 1 fully saturated rings. The monoisotopic (exact) mass is 404 g/mol. The molecule has 1 aliphatic rings. The first-order chi connectivity index (χ1) is 14.6. The highest BCUT2D eigenvalue weighted by Crippen LogP contribution is 2.48. The summed E-state index contributed by atoms with van der Waals surface area (Å²) in [5, 5.41) is 10.1. The highest BCUT2D eigenvalue weighted by molar-refractivity contribution is 5.70. The Morgan fingerprint density at radius 2 is 1.70 bits per heavy atom. The van der Waals surface area contributed by atoms with Gasteiger partial charge in [0, 0.05) is 0 Å². The summed E-state index contributed by atoms with van der Waals surface area (Å²) in [6, 6.07) is 24.6. The predicted octanol–water partition coefficient (Wildman–Crippen LogP) is 4.93. The molecular weight excluding hydrogens is 380 g/mol. The van der Waals surface area contributed by atoms with Crippen LogP contribution >= 0.6 is 0 Å². The lowest BCUT2D eigenvalue weighted by Crippen LogP contribution is -2.34. The van der Waals surface area contributed by atoms with E-state index in [0.717, 1.165) is 34.8 Å². The van der Waals surface area contributed by atoms with Crippen LogP contribution < -0.4 is 15.2 Å². The Kier molecular flexibility index (Phi) is 5.86. The number of carbonyl (C=O) groups excluding carboxylic acids is 1. The molecule has 2 amide bonds. The van der Waals surface area contributed by atoms with E-state index >= 15 is 0 Å². The zero-order valence-corrected chi connectivity index (χ0v) is 16.5. The summed E-state index contributed by atoms with van der Waals surface area (Å²) in [5.74, 6) is 2.74. The maximum atomic E-state index is 11.0. The molecule has 3 aromatic carbocycles. The number of rotatable bonds is 8. The lowest BCUT2D eigenvalue weighted by molar-refractivity contribution is -0.0431. The van der Waals surface area contributed by atoms with E-state index in [9.17, 15) is 10.0 Å². The number of primary amides is 1. The average Bonchev–Trinajstić information content (AvgIpc) is 3.53. The van der Waals surface area contributed by atoms with E-state index in [1.165, 1.54) is 0 Å². The van der Waals surface area contributed by atoms with Crippen LogP contribution in [-0.4, -0.2) is 22.8 Å². The van der Waals surface area contributed by atoms with Crippen LogP contribution in [0.1, 0.15) is 23.5 Å². The molecule has 1 saturated carbocycles. The van der Waals surface area contributed by atoms with Gasteiger partial charge >= 0.3 is 6.03 Å². The first-order valence-corrected chi connectivity index (χ1v) is 9.89. The standard InChI is InChI=1S/C24H24N2O4/c25-24(27)26(28)15-19-14-23(19)18-7-4-8-22(13-18)30-21-11-9-20(10-12-21)29-16-17-5-2-1-3-6-17/h1-13,19,23,28H,14-16H2,(H2,25,27). The van der Waals surface area contributed by atoms with Crippen molar-refractivity contribution in [2.75, 3.05) is 6.54 Å². The summed E-state index contributed by atoms with van der Waals surface area (Å²) in [6.45, 7) is 0.766. The fraction of sp³-hybridized carbons (Fsp3) is 0.208. The largest absolute Gasteiger partial charge is 0.489 e. The van der Waals surface area contributed by atoms with Crippen molar-refractivity contribution < 1.29 is 19.5 Å². The molecule has 4 rings (SSSR count). The smallest absolute Gasteiger partial charge is 0.338 e. The van der Waals surface area contributed by atoms with Crippen LogP contribution in [0.4, 0.5) is 4.79 Å². The molecule has 154 valence electrons. The third kappa shape index (κ3) is 5.10. The van der Waals surface area contributed by atoms with Crippen LogP contribution in [0.3, 0.4) is 0 Å². The number of urea groups is 1. The van der Waals surface area contributed by atoms with Gasteiger partial charge in [0.15, 0.2) is 0 Å². The van der Waals surface area contributed by atoms with Gasteiger partial charge in [-0.05, 0) is 65.8 Å². The van der Waals surface area contributed by atoms with Gasteiger partial charge in [0.1, 0.15) is 23.9 Å². The highest BCUT2D eigenvalue weighted by Gasteiger charge is 2.40. The van der Waals surface area contributed by atoms with Gasteiger partial charge in [0.05, 0.1) is 6.54 Å². The first kappa shape index (κ1) is 19.8. The summed E-state index contributed by atoms with van der Waals surface area (Å²) >= 11 is 0. The number of hydrogen-bond donors (Lipinski definition) is 2.